The van der Waals surface area contributed by atoms with E-state index in [-0.39, 0.29) is 6.04 Å². The first kappa shape index (κ1) is 11.7. The third-order valence-electron chi connectivity index (χ3n) is 3.09. The molecule has 94 valence electrons. The molecule has 1 saturated heterocycles. The molecular formula is C13H14ClN3O. The van der Waals surface area contributed by atoms with Gasteiger partial charge in [0.15, 0.2) is 5.82 Å². The van der Waals surface area contributed by atoms with E-state index in [1.54, 1.807) is 0 Å². The maximum absolute atomic E-state index is 5.95. The first-order valence-electron chi connectivity index (χ1n) is 6.11. The van der Waals surface area contributed by atoms with E-state index in [4.69, 9.17) is 16.1 Å². The fourth-order valence-electron chi connectivity index (χ4n) is 2.21. The van der Waals surface area contributed by atoms with E-state index in [9.17, 15) is 0 Å². The second-order valence-corrected chi connectivity index (χ2v) is 4.94. The number of benzene rings is 1. The second kappa shape index (κ2) is 5.08. The maximum Gasteiger partial charge on any atom is 0.243 e. The number of halogens is 1. The van der Waals surface area contributed by atoms with Gasteiger partial charge in [0.25, 0.3) is 0 Å². The summed E-state index contributed by atoms with van der Waals surface area (Å²) in [7, 11) is 0. The molecule has 0 radical (unpaired) electrons. The summed E-state index contributed by atoms with van der Waals surface area (Å²) >= 11 is 5.95. The van der Waals surface area contributed by atoms with E-state index in [0.29, 0.717) is 18.1 Å². The Morgan fingerprint density at radius 2 is 2.39 bits per heavy atom. The van der Waals surface area contributed by atoms with E-state index in [0.717, 1.165) is 30.0 Å². The number of nitrogens with one attached hydrogen (secondary N) is 1. The standard InChI is InChI=1S/C13H14ClN3O/c14-10-4-1-3-9(7-10)8-12-16-13(18-17-12)11-5-2-6-15-11/h1,3-4,7,11,15H,2,5-6,8H2. The lowest BCUT2D eigenvalue weighted by molar-refractivity contribution is 0.341. The van der Waals surface area contributed by atoms with Crippen LogP contribution in [-0.4, -0.2) is 16.7 Å². The topological polar surface area (TPSA) is 51.0 Å². The van der Waals surface area contributed by atoms with Crippen molar-refractivity contribution in [2.45, 2.75) is 25.3 Å². The van der Waals surface area contributed by atoms with Crippen molar-refractivity contribution in [1.29, 1.82) is 0 Å². The first-order chi connectivity index (χ1) is 8.81. The SMILES string of the molecule is Clc1cccc(Cc2noc(C3CCCN3)n2)c1. The van der Waals surface area contributed by atoms with E-state index in [1.165, 1.54) is 0 Å². The van der Waals surface area contributed by atoms with Crippen LogP contribution in [0, 0.1) is 0 Å². The Morgan fingerprint density at radius 3 is 3.17 bits per heavy atom. The zero-order valence-corrected chi connectivity index (χ0v) is 10.7. The van der Waals surface area contributed by atoms with Gasteiger partial charge in [-0.15, -0.1) is 0 Å². The quantitative estimate of drug-likeness (QED) is 0.925. The fourth-order valence-corrected chi connectivity index (χ4v) is 2.42. The molecule has 1 aromatic heterocycles. The molecule has 1 aromatic carbocycles. The lowest BCUT2D eigenvalue weighted by Gasteiger charge is -2.01. The third kappa shape index (κ3) is 2.54. The minimum Gasteiger partial charge on any atom is -0.338 e. The predicted molar refractivity (Wildman–Crippen MR) is 68.5 cm³/mol. The molecule has 0 bridgehead atoms. The maximum atomic E-state index is 5.95. The van der Waals surface area contributed by atoms with Gasteiger partial charge in [-0.25, -0.2) is 0 Å². The van der Waals surface area contributed by atoms with Crippen LogP contribution in [0.4, 0.5) is 0 Å². The lowest BCUT2D eigenvalue weighted by Crippen LogP contribution is -2.13. The van der Waals surface area contributed by atoms with Crippen molar-refractivity contribution in [2.24, 2.45) is 0 Å². The minimum atomic E-state index is 0.227. The van der Waals surface area contributed by atoms with Crippen molar-refractivity contribution in [2.75, 3.05) is 6.54 Å². The highest BCUT2D eigenvalue weighted by molar-refractivity contribution is 6.30. The van der Waals surface area contributed by atoms with Crippen molar-refractivity contribution in [3.63, 3.8) is 0 Å². The molecule has 1 aliphatic heterocycles. The molecule has 3 rings (SSSR count). The largest absolute Gasteiger partial charge is 0.338 e. The molecule has 1 aliphatic rings. The lowest BCUT2D eigenvalue weighted by atomic mass is 10.1. The molecule has 0 amide bonds. The van der Waals surface area contributed by atoms with E-state index in [1.807, 2.05) is 24.3 Å². The Morgan fingerprint density at radius 1 is 1.44 bits per heavy atom. The van der Waals surface area contributed by atoms with Crippen molar-refractivity contribution >= 4 is 11.6 Å². The smallest absolute Gasteiger partial charge is 0.243 e. The summed E-state index contributed by atoms with van der Waals surface area (Å²) in [5.41, 5.74) is 1.09. The van der Waals surface area contributed by atoms with Crippen molar-refractivity contribution < 1.29 is 4.52 Å². The monoisotopic (exact) mass is 263 g/mol. The average Bonchev–Trinajstić information content (AvgIpc) is 2.98. The van der Waals surface area contributed by atoms with Crippen LogP contribution in [0.1, 0.15) is 36.2 Å². The fraction of sp³-hybridized carbons (Fsp3) is 0.385. The van der Waals surface area contributed by atoms with Gasteiger partial charge >= 0.3 is 0 Å². The van der Waals surface area contributed by atoms with Gasteiger partial charge in [0, 0.05) is 11.4 Å². The van der Waals surface area contributed by atoms with Crippen LogP contribution in [-0.2, 0) is 6.42 Å². The Kier molecular flexibility index (Phi) is 3.30. The summed E-state index contributed by atoms with van der Waals surface area (Å²) in [5, 5.41) is 8.09. The van der Waals surface area contributed by atoms with Crippen LogP contribution in [0.5, 0.6) is 0 Å². The number of nitrogens with zero attached hydrogens (tertiary/aromatic N) is 2. The van der Waals surface area contributed by atoms with Crippen LogP contribution >= 0.6 is 11.6 Å². The Hall–Kier alpha value is -1.39. The summed E-state index contributed by atoms with van der Waals surface area (Å²) in [6.45, 7) is 1.02. The van der Waals surface area contributed by atoms with Crippen LogP contribution < -0.4 is 5.32 Å². The summed E-state index contributed by atoms with van der Waals surface area (Å²) in [5.74, 6) is 1.41. The Bertz CT molecular complexity index is 535. The van der Waals surface area contributed by atoms with Crippen LogP contribution in [0.3, 0.4) is 0 Å². The molecule has 2 heterocycles. The van der Waals surface area contributed by atoms with Crippen LogP contribution in [0.2, 0.25) is 5.02 Å². The highest BCUT2D eigenvalue weighted by Gasteiger charge is 2.22. The van der Waals surface area contributed by atoms with Gasteiger partial charge in [0.1, 0.15) is 0 Å². The van der Waals surface area contributed by atoms with Gasteiger partial charge in [0.05, 0.1) is 6.04 Å². The molecule has 0 saturated carbocycles. The summed E-state index contributed by atoms with van der Waals surface area (Å²) in [4.78, 5) is 4.43. The molecule has 1 unspecified atom stereocenters. The van der Waals surface area contributed by atoms with Gasteiger partial charge in [-0.05, 0) is 37.1 Å². The number of aromatic nitrogens is 2. The molecule has 1 N–H and O–H groups in total. The third-order valence-corrected chi connectivity index (χ3v) is 3.33. The van der Waals surface area contributed by atoms with Crippen molar-refractivity contribution in [1.82, 2.24) is 15.5 Å². The Labute approximate surface area is 110 Å². The summed E-state index contributed by atoms with van der Waals surface area (Å²) < 4.78 is 5.29. The van der Waals surface area contributed by atoms with Gasteiger partial charge in [-0.3, -0.25) is 0 Å². The van der Waals surface area contributed by atoms with Crippen LogP contribution in [0.25, 0.3) is 0 Å². The number of rotatable bonds is 3. The number of hydrogen-bond acceptors (Lipinski definition) is 4. The zero-order valence-electron chi connectivity index (χ0n) is 9.90. The van der Waals surface area contributed by atoms with Crippen molar-refractivity contribution in [3.8, 4) is 0 Å². The molecule has 18 heavy (non-hydrogen) atoms. The van der Waals surface area contributed by atoms with Crippen LogP contribution in [0.15, 0.2) is 28.8 Å². The molecule has 0 aliphatic carbocycles. The molecular weight excluding hydrogens is 250 g/mol. The molecule has 2 aromatic rings. The average molecular weight is 264 g/mol. The molecule has 1 atom stereocenters. The molecule has 1 fully saturated rings. The molecule has 5 heteroatoms. The molecule has 4 nitrogen and oxygen atoms in total. The minimum absolute atomic E-state index is 0.227. The normalized spacial score (nSPS) is 19.3. The first-order valence-corrected chi connectivity index (χ1v) is 6.49. The highest BCUT2D eigenvalue weighted by Crippen LogP contribution is 2.22. The van der Waals surface area contributed by atoms with E-state index >= 15 is 0 Å². The molecule has 0 spiro atoms. The van der Waals surface area contributed by atoms with Gasteiger partial charge in [-0.1, -0.05) is 28.9 Å². The summed E-state index contributed by atoms with van der Waals surface area (Å²) in [6.07, 6.45) is 2.88. The zero-order chi connectivity index (χ0) is 12.4. The second-order valence-electron chi connectivity index (χ2n) is 4.50. The Balaban J connectivity index is 1.73. The predicted octanol–water partition coefficient (Wildman–Crippen LogP) is 2.74. The van der Waals surface area contributed by atoms with Crippen molar-refractivity contribution in [3.05, 3.63) is 46.6 Å². The van der Waals surface area contributed by atoms with E-state index < -0.39 is 0 Å². The number of hydrogen-bond donors (Lipinski definition) is 1. The van der Waals surface area contributed by atoms with Gasteiger partial charge < -0.3 is 9.84 Å². The van der Waals surface area contributed by atoms with Gasteiger partial charge in [0.2, 0.25) is 5.89 Å². The van der Waals surface area contributed by atoms with E-state index in [2.05, 4.69) is 15.5 Å². The van der Waals surface area contributed by atoms with Gasteiger partial charge in [-0.2, -0.15) is 4.98 Å². The summed E-state index contributed by atoms with van der Waals surface area (Å²) in [6, 6.07) is 7.94. The highest BCUT2D eigenvalue weighted by atomic mass is 35.5.